The molecule has 0 atom stereocenters. The first-order valence-electron chi connectivity index (χ1n) is 25.0. The Balaban J connectivity index is 1.13. The van der Waals surface area contributed by atoms with Crippen LogP contribution in [0.4, 0.5) is 17.1 Å². The Morgan fingerprint density at radius 1 is 0.254 bits per heavy atom. The second-order valence-electron chi connectivity index (χ2n) is 15.4. The summed E-state index contributed by atoms with van der Waals surface area (Å²) in [5.41, 5.74) is 8.71. The van der Waals surface area contributed by atoms with Crippen molar-refractivity contribution in [3.8, 4) is 66.8 Å². The summed E-state index contributed by atoms with van der Waals surface area (Å²) < 4.78 is 77.4. The van der Waals surface area contributed by atoms with Crippen molar-refractivity contribution in [1.82, 2.24) is 0 Å². The van der Waals surface area contributed by atoms with Crippen LogP contribution in [-0.4, -0.2) is 0 Å². The van der Waals surface area contributed by atoms with Gasteiger partial charge in [0.15, 0.2) is 0 Å². The molecule has 0 bridgehead atoms. The molecule has 1 nitrogen and oxygen atoms in total. The van der Waals surface area contributed by atoms with Crippen molar-refractivity contribution >= 4 is 38.6 Å². The molecule has 11 aromatic carbocycles. The Bertz CT molecular complexity index is 3780. The zero-order chi connectivity index (χ0) is 48.9. The number of hydrogen-bond donors (Lipinski definition) is 0. The average Bonchev–Trinajstić information content (AvgIpc) is 3.42. The molecule has 0 saturated carbocycles. The lowest BCUT2D eigenvalue weighted by atomic mass is 9.90. The molecule has 0 heterocycles. The van der Waals surface area contributed by atoms with Crippen LogP contribution in [-0.2, 0) is 0 Å². The molecule has 0 N–H and O–H groups in total. The quantitative estimate of drug-likeness (QED) is 0.140. The molecular weight excluding hydrogens is 759 g/mol. The van der Waals surface area contributed by atoms with Crippen LogP contribution in [0.1, 0.15) is 11.0 Å². The maximum atomic E-state index is 9.79. The van der Waals surface area contributed by atoms with Gasteiger partial charge < -0.3 is 4.90 Å². The van der Waals surface area contributed by atoms with Crippen LogP contribution >= 0.6 is 0 Å². The van der Waals surface area contributed by atoms with Crippen molar-refractivity contribution in [3.63, 3.8) is 0 Å². The van der Waals surface area contributed by atoms with E-state index in [-0.39, 0.29) is 46.7 Å². The van der Waals surface area contributed by atoms with Crippen LogP contribution in [0.25, 0.3) is 88.3 Å². The number of rotatable bonds is 9. The van der Waals surface area contributed by atoms with E-state index in [4.69, 9.17) is 0 Å². The third-order valence-electron chi connectivity index (χ3n) is 11.6. The molecule has 0 aliphatic rings. The topological polar surface area (TPSA) is 3.24 Å². The summed E-state index contributed by atoms with van der Waals surface area (Å²) in [6.45, 7) is 0. The number of hydrogen-bond acceptors (Lipinski definition) is 1. The van der Waals surface area contributed by atoms with Crippen molar-refractivity contribution < 1.29 is 11.0 Å². The number of benzene rings is 11. The molecule has 0 fully saturated rings. The van der Waals surface area contributed by atoms with Crippen LogP contribution in [0, 0.1) is 0 Å². The van der Waals surface area contributed by atoms with Crippen LogP contribution < -0.4 is 4.90 Å². The summed E-state index contributed by atoms with van der Waals surface area (Å²) in [4.78, 5) is 1.37. The predicted molar refractivity (Wildman–Crippen MR) is 269 cm³/mol. The van der Waals surface area contributed by atoms with Crippen LogP contribution in [0.5, 0.6) is 0 Å². The van der Waals surface area contributed by atoms with Crippen molar-refractivity contribution in [2.75, 3.05) is 4.90 Å². The van der Waals surface area contributed by atoms with Gasteiger partial charge in [-0.2, -0.15) is 0 Å². The molecular formula is C62H43N. The molecule has 11 aromatic rings. The fourth-order valence-electron chi connectivity index (χ4n) is 8.57. The fourth-order valence-corrected chi connectivity index (χ4v) is 8.57. The van der Waals surface area contributed by atoms with Crippen molar-refractivity contribution in [1.29, 1.82) is 0 Å². The highest BCUT2D eigenvalue weighted by atomic mass is 15.1. The molecule has 1 heteroatoms. The van der Waals surface area contributed by atoms with Gasteiger partial charge in [0.1, 0.15) is 0 Å². The number of anilines is 3. The molecule has 0 unspecified atom stereocenters. The van der Waals surface area contributed by atoms with Gasteiger partial charge in [0.2, 0.25) is 0 Å². The lowest BCUT2D eigenvalue weighted by molar-refractivity contribution is 1.28. The molecule has 0 saturated heterocycles. The van der Waals surface area contributed by atoms with E-state index in [0.717, 1.165) is 66.1 Å². The Labute approximate surface area is 380 Å². The van der Waals surface area contributed by atoms with E-state index in [2.05, 4.69) is 36.4 Å². The Morgan fingerprint density at radius 2 is 0.730 bits per heavy atom. The van der Waals surface area contributed by atoms with Gasteiger partial charge in [0.05, 0.1) is 11.0 Å². The highest BCUT2D eigenvalue weighted by Gasteiger charge is 2.17. The van der Waals surface area contributed by atoms with E-state index in [1.807, 2.05) is 158 Å². The Morgan fingerprint density at radius 3 is 1.38 bits per heavy atom. The van der Waals surface area contributed by atoms with E-state index in [0.29, 0.717) is 16.8 Å². The van der Waals surface area contributed by atoms with Gasteiger partial charge in [0.25, 0.3) is 0 Å². The highest BCUT2D eigenvalue weighted by molar-refractivity contribution is 6.04. The van der Waals surface area contributed by atoms with E-state index in [1.165, 1.54) is 4.90 Å². The van der Waals surface area contributed by atoms with Crippen molar-refractivity contribution in [2.45, 2.75) is 0 Å². The predicted octanol–water partition coefficient (Wildman–Crippen LogP) is 17.5. The second kappa shape index (κ2) is 16.7. The largest absolute Gasteiger partial charge is 0.311 e. The molecule has 11 rings (SSSR count). The summed E-state index contributed by atoms with van der Waals surface area (Å²) in [6.07, 6.45) is 0. The average molecular weight is 810 g/mol. The summed E-state index contributed by atoms with van der Waals surface area (Å²) in [6, 6.07) is 65.7. The van der Waals surface area contributed by atoms with Gasteiger partial charge in [-0.3, -0.25) is 0 Å². The molecule has 0 spiro atoms. The van der Waals surface area contributed by atoms with Crippen LogP contribution in [0.15, 0.2) is 261 Å². The van der Waals surface area contributed by atoms with Gasteiger partial charge in [-0.15, -0.1) is 0 Å². The SMILES string of the molecule is [2H]c1c([2H])c(N(c2ccc(-c3ccc4ccccc4c3-c3ccccc3)cc2)c2c([2H])c([2H])c(-c3cccc4ccccc34)c([2H])c2[2H])c([2H])c([2H])c1-c1ccc(-c2ccccc2)c(-c2ccccc2)c1. The van der Waals surface area contributed by atoms with Crippen LogP contribution in [0.3, 0.4) is 0 Å². The van der Waals surface area contributed by atoms with Crippen molar-refractivity contribution in [2.24, 2.45) is 0 Å². The van der Waals surface area contributed by atoms with E-state index in [9.17, 15) is 11.0 Å². The first kappa shape index (κ1) is 29.9. The minimum atomic E-state index is -0.408. The number of fused-ring (bicyclic) bond motifs is 2. The molecule has 0 amide bonds. The third-order valence-corrected chi connectivity index (χ3v) is 11.6. The normalized spacial score (nSPS) is 13.0. The highest BCUT2D eigenvalue weighted by Crippen LogP contribution is 2.42. The zero-order valence-electron chi connectivity index (χ0n) is 42.2. The molecule has 296 valence electrons. The van der Waals surface area contributed by atoms with E-state index >= 15 is 0 Å². The Hall–Kier alpha value is -8.26. The lowest BCUT2D eigenvalue weighted by Crippen LogP contribution is -2.09. The summed E-state index contributed by atoms with van der Waals surface area (Å²) in [5, 5.41) is 3.81. The smallest absolute Gasteiger partial charge is 0.0645 e. The molecule has 0 aliphatic heterocycles. The zero-order valence-corrected chi connectivity index (χ0v) is 34.2. The van der Waals surface area contributed by atoms with Gasteiger partial charge >= 0.3 is 0 Å². The van der Waals surface area contributed by atoms with Gasteiger partial charge in [0, 0.05) is 17.1 Å². The summed E-state index contributed by atoms with van der Waals surface area (Å²) >= 11 is 0. The lowest BCUT2D eigenvalue weighted by Gasteiger charge is -2.26. The van der Waals surface area contributed by atoms with Gasteiger partial charge in [-0.25, -0.2) is 0 Å². The van der Waals surface area contributed by atoms with Gasteiger partial charge in [-0.1, -0.05) is 218 Å². The standard InChI is InChI=1S/C62H43N/c1-4-15-45(16-5-1)58-41-34-52(43-61(58)47-17-6-2-7-18-47)44-27-35-53(36-28-44)63(54-37-29-49(30-38-54)57-26-14-23-46-19-10-12-24-56(46)57)55-39-31-50(32-40-55)60-42-33-48-20-11-13-25-59(48)62(60)51-21-8-3-9-22-51/h1-43H/i27D,28D,29D,30D,35D,36D,37D,38D. The Kier molecular flexibility index (Phi) is 7.90. The minimum absolute atomic E-state index is 0.0893. The summed E-state index contributed by atoms with van der Waals surface area (Å²) in [5.74, 6) is 0. The van der Waals surface area contributed by atoms with E-state index < -0.39 is 24.2 Å². The minimum Gasteiger partial charge on any atom is -0.311 e. The molecule has 63 heavy (non-hydrogen) atoms. The second-order valence-corrected chi connectivity index (χ2v) is 15.4. The molecule has 0 aliphatic carbocycles. The fraction of sp³-hybridized carbons (Fsp3) is 0. The maximum absolute atomic E-state index is 9.79. The monoisotopic (exact) mass is 809 g/mol. The summed E-state index contributed by atoms with van der Waals surface area (Å²) in [7, 11) is 0. The van der Waals surface area contributed by atoms with Gasteiger partial charge in [-0.05, 0) is 131 Å². The van der Waals surface area contributed by atoms with Crippen molar-refractivity contribution in [3.05, 3.63) is 261 Å². The van der Waals surface area contributed by atoms with Crippen LogP contribution in [0.2, 0.25) is 0 Å². The molecule has 0 aromatic heterocycles. The third kappa shape index (κ3) is 7.37. The number of nitrogens with zero attached hydrogens (tertiary/aromatic N) is 1. The molecule has 0 radical (unpaired) electrons. The first-order valence-corrected chi connectivity index (χ1v) is 21.0. The van der Waals surface area contributed by atoms with E-state index in [1.54, 1.807) is 18.2 Å². The first-order chi connectivity index (χ1) is 34.6. The maximum Gasteiger partial charge on any atom is 0.0645 e.